The molecule has 3 nitrogen and oxygen atoms in total. The normalized spacial score (nSPS) is 3.86. The van der Waals surface area contributed by atoms with Crippen LogP contribution in [0.1, 0.15) is 0 Å². The number of hydrogen-bond acceptors (Lipinski definition) is 3. The van der Waals surface area contributed by atoms with Gasteiger partial charge in [0, 0.05) is 0 Å². The van der Waals surface area contributed by atoms with Gasteiger partial charge in [0.15, 0.2) is 0 Å². The van der Waals surface area contributed by atoms with E-state index < -0.39 is 7.32 Å². The molecule has 0 rings (SSSR count). The maximum atomic E-state index is 8.42. The van der Waals surface area contributed by atoms with E-state index in [2.05, 4.69) is 0 Å². The van der Waals surface area contributed by atoms with Crippen LogP contribution < -0.4 is 33.9 Å². The minimum absolute atomic E-state index is 0. The molecule has 0 aromatic rings. The number of rotatable bonds is 0. The Morgan fingerprint density at radius 1 is 1.00 bits per heavy atom. The van der Waals surface area contributed by atoms with Gasteiger partial charge in [-0.15, -0.1) is 0 Å². The first-order chi connectivity index (χ1) is 1.73. The van der Waals surface area contributed by atoms with Gasteiger partial charge in [-0.2, -0.15) is 0 Å². The molecule has 0 fully saturated rings. The van der Waals surface area contributed by atoms with Crippen LogP contribution in [0.5, 0.6) is 0 Å². The Labute approximate surface area is 84.0 Å². The molecule has 7 heavy (non-hydrogen) atoms. The maximum absolute atomic E-state index is 8.42. The summed E-state index contributed by atoms with van der Waals surface area (Å²) in [5.74, 6) is 0. The monoisotopic (exact) mass is 343 g/mol. The molecule has 0 N–H and O–H groups in total. The zero-order chi connectivity index (χ0) is 3.58. The van der Waals surface area contributed by atoms with E-state index in [4.69, 9.17) is 15.1 Å². The molecule has 0 atom stereocenters. The molecular weight excluding hydrogens is 342 g/mol. The van der Waals surface area contributed by atoms with Crippen molar-refractivity contribution in [1.82, 2.24) is 0 Å². The Morgan fingerprint density at radius 2 is 1.00 bits per heavy atom. The van der Waals surface area contributed by atoms with Crippen LogP contribution in [0.15, 0.2) is 0 Å². The van der Waals surface area contributed by atoms with Crippen molar-refractivity contribution in [2.75, 3.05) is 0 Å². The predicted molar refractivity (Wildman–Crippen MR) is 5.75 cm³/mol. The average molecular weight is 342 g/mol. The van der Waals surface area contributed by atoms with Crippen molar-refractivity contribution >= 4 is 7.32 Å². The molecule has 0 heterocycles. The van der Waals surface area contributed by atoms with Crippen molar-refractivity contribution in [3.63, 3.8) is 0 Å². The SMILES string of the molecule is [Li+].[Nb+5].[O-]B([O-])[O-].[W+4]. The zero-order valence-corrected chi connectivity index (χ0v) is 8.79. The van der Waals surface area contributed by atoms with Gasteiger partial charge in [0.1, 0.15) is 0 Å². The van der Waals surface area contributed by atoms with Crippen LogP contribution in [0.3, 0.4) is 0 Å². The second-order valence-electron chi connectivity index (χ2n) is 0.289. The van der Waals surface area contributed by atoms with Crippen LogP contribution in [0.4, 0.5) is 0 Å². The topological polar surface area (TPSA) is 69.2 Å². The Hall–Kier alpha value is 1.97. The minimum Gasteiger partial charge on any atom is -0.907 e. The third-order valence-corrected chi connectivity index (χ3v) is 0. The molecule has 0 radical (unpaired) electrons. The molecule has 7 heteroatoms. The quantitative estimate of drug-likeness (QED) is 0.411. The summed E-state index contributed by atoms with van der Waals surface area (Å²) in [4.78, 5) is 0. The summed E-state index contributed by atoms with van der Waals surface area (Å²) in [7, 11) is -2.92. The smallest absolute Gasteiger partial charge is 0.907 e. The van der Waals surface area contributed by atoms with Crippen molar-refractivity contribution in [3.05, 3.63) is 0 Å². The van der Waals surface area contributed by atoms with E-state index in [1.54, 1.807) is 0 Å². The summed E-state index contributed by atoms with van der Waals surface area (Å²) < 4.78 is 0. The molecule has 0 spiro atoms. The average Bonchev–Trinajstić information content (AvgIpc) is 0.811. The fourth-order valence-electron chi connectivity index (χ4n) is 0. The van der Waals surface area contributed by atoms with Crippen molar-refractivity contribution in [1.29, 1.82) is 0 Å². The van der Waals surface area contributed by atoms with E-state index in [0.29, 0.717) is 0 Å². The fourth-order valence-corrected chi connectivity index (χ4v) is 0. The van der Waals surface area contributed by atoms with E-state index >= 15 is 0 Å². The van der Waals surface area contributed by atoms with Crippen LogP contribution >= 0.6 is 0 Å². The van der Waals surface area contributed by atoms with Gasteiger partial charge >= 0.3 is 62.3 Å². The van der Waals surface area contributed by atoms with E-state index in [-0.39, 0.29) is 62.3 Å². The van der Waals surface area contributed by atoms with Gasteiger partial charge in [0.25, 0.3) is 0 Å². The van der Waals surface area contributed by atoms with E-state index in [0.717, 1.165) is 0 Å². The van der Waals surface area contributed by atoms with Crippen molar-refractivity contribution in [3.8, 4) is 0 Å². The van der Waals surface area contributed by atoms with Gasteiger partial charge in [0.05, 0.1) is 0 Å². The second-order valence-corrected chi connectivity index (χ2v) is 0.289. The first-order valence-electron chi connectivity index (χ1n) is 0.707. The Bertz CT molecular complexity index is 19.7. The Balaban J connectivity index is -0.0000000150. The van der Waals surface area contributed by atoms with Gasteiger partial charge < -0.3 is 15.1 Å². The molecule has 0 aliphatic carbocycles. The maximum Gasteiger partial charge on any atom is 5.00 e. The van der Waals surface area contributed by atoms with Gasteiger partial charge in [-0.1, -0.05) is 0 Å². The predicted octanol–water partition coefficient (Wildman–Crippen LogP) is -6.95. The standard InChI is InChI=1S/BO3.Li.Nb.W/c2-1(3)4;;;/q-3;+1;+5;+4. The molecule has 0 aliphatic heterocycles. The molecule has 0 aromatic carbocycles. The van der Waals surface area contributed by atoms with Crippen molar-refractivity contribution in [2.24, 2.45) is 0 Å². The molecule has 0 saturated heterocycles. The zero-order valence-electron chi connectivity index (χ0n) is 3.66. The van der Waals surface area contributed by atoms with Crippen LogP contribution in [0.25, 0.3) is 0 Å². The van der Waals surface area contributed by atoms with Crippen LogP contribution in [-0.4, -0.2) is 7.32 Å². The minimum atomic E-state index is -2.92. The summed E-state index contributed by atoms with van der Waals surface area (Å²) in [5.41, 5.74) is 0. The van der Waals surface area contributed by atoms with E-state index in [1.165, 1.54) is 0 Å². The van der Waals surface area contributed by atoms with E-state index in [1.807, 2.05) is 0 Å². The third-order valence-electron chi connectivity index (χ3n) is 0. The Morgan fingerprint density at radius 3 is 1.00 bits per heavy atom. The molecule has 0 aliphatic rings. The third kappa shape index (κ3) is 73.2. The van der Waals surface area contributed by atoms with Crippen LogP contribution in [0.2, 0.25) is 0 Å². The first-order valence-corrected chi connectivity index (χ1v) is 0.707. The van der Waals surface area contributed by atoms with Gasteiger partial charge in [-0.05, 0) is 0 Å². The van der Waals surface area contributed by atoms with Gasteiger partial charge in [-0.3, -0.25) is 7.32 Å². The van der Waals surface area contributed by atoms with E-state index in [9.17, 15) is 0 Å². The molecule has 26 valence electrons. The molecule has 0 aromatic heterocycles. The second kappa shape index (κ2) is 15.7. The molecule has 0 unspecified atom stereocenters. The van der Waals surface area contributed by atoms with Gasteiger partial charge in [0.2, 0.25) is 0 Å². The summed E-state index contributed by atoms with van der Waals surface area (Å²) in [6.45, 7) is 0. The van der Waals surface area contributed by atoms with Crippen molar-refractivity contribution < 1.29 is 77.4 Å². The van der Waals surface area contributed by atoms with Crippen LogP contribution in [0, 0.1) is 0 Å². The molecule has 0 bridgehead atoms. The Kier molecular flexibility index (Phi) is 51.7. The summed E-state index contributed by atoms with van der Waals surface area (Å²) in [6, 6.07) is 0. The summed E-state index contributed by atoms with van der Waals surface area (Å²) >= 11 is 0. The molecule has 0 amide bonds. The largest absolute Gasteiger partial charge is 5.00 e. The summed E-state index contributed by atoms with van der Waals surface area (Å²) in [6.07, 6.45) is 0. The van der Waals surface area contributed by atoms with Gasteiger partial charge in [-0.25, -0.2) is 0 Å². The molecular formula is BLiNbO3W+7. The molecule has 0 saturated carbocycles. The van der Waals surface area contributed by atoms with Crippen LogP contribution in [-0.2, 0) is 43.4 Å². The number of hydrogen-bond donors (Lipinski definition) is 0. The summed E-state index contributed by atoms with van der Waals surface area (Å²) in [5, 5.41) is 25.2. The fraction of sp³-hybridized carbons (Fsp3) is 0. The first kappa shape index (κ1) is 23.1. The van der Waals surface area contributed by atoms with Crippen molar-refractivity contribution in [2.45, 2.75) is 0 Å².